The van der Waals surface area contributed by atoms with E-state index in [1.165, 1.54) is 5.57 Å². The zero-order chi connectivity index (χ0) is 28.6. The van der Waals surface area contributed by atoms with Crippen molar-refractivity contribution in [2.24, 2.45) is 38.9 Å². The molecular formula is C35H44O4. The van der Waals surface area contributed by atoms with Crippen molar-refractivity contribution in [3.63, 3.8) is 0 Å². The SMILES string of the molecule is CC(C)=CCCC(C)=CC[C@]12C[C@@H]3C[C@@H]4C(C)(C)CC[C@@]4(C1=O)C(=O)[C@](C(=O)c1ccccc1)(C2=O)C3(C)C. The lowest BCUT2D eigenvalue weighted by Crippen LogP contribution is -2.75. The molecule has 0 N–H and O–H groups in total. The van der Waals surface area contributed by atoms with E-state index in [9.17, 15) is 14.4 Å². The van der Waals surface area contributed by atoms with E-state index >= 15 is 4.79 Å². The number of carbonyl (C=O) groups is 4. The Balaban J connectivity index is 1.73. The summed E-state index contributed by atoms with van der Waals surface area (Å²) in [6.07, 6.45) is 8.63. The molecule has 5 saturated carbocycles. The second-order valence-electron chi connectivity index (χ2n) is 14.5. The molecule has 208 valence electrons. The number of hydrogen-bond donors (Lipinski definition) is 0. The van der Waals surface area contributed by atoms with Crippen LogP contribution >= 0.6 is 0 Å². The summed E-state index contributed by atoms with van der Waals surface area (Å²) in [5, 5.41) is 0. The van der Waals surface area contributed by atoms with Crippen molar-refractivity contribution in [1.82, 2.24) is 0 Å². The van der Waals surface area contributed by atoms with Gasteiger partial charge in [-0.05, 0) is 88.4 Å². The molecule has 5 aliphatic carbocycles. The zero-order valence-electron chi connectivity index (χ0n) is 24.8. The van der Waals surface area contributed by atoms with E-state index in [2.05, 4.69) is 46.8 Å². The lowest BCUT2D eigenvalue weighted by atomic mass is 9.37. The average Bonchev–Trinajstić information content (AvgIpc) is 3.06. The average molecular weight is 529 g/mol. The topological polar surface area (TPSA) is 68.3 Å². The molecule has 6 rings (SSSR count). The van der Waals surface area contributed by atoms with Gasteiger partial charge in [0.2, 0.25) is 0 Å². The van der Waals surface area contributed by atoms with Gasteiger partial charge in [-0.3, -0.25) is 19.2 Å². The molecule has 1 aromatic carbocycles. The molecule has 0 radical (unpaired) electrons. The summed E-state index contributed by atoms with van der Waals surface area (Å²) in [5.74, 6) is -1.63. The van der Waals surface area contributed by atoms with Crippen LogP contribution in [0.3, 0.4) is 0 Å². The van der Waals surface area contributed by atoms with Gasteiger partial charge in [0.1, 0.15) is 0 Å². The zero-order valence-corrected chi connectivity index (χ0v) is 24.8. The van der Waals surface area contributed by atoms with Gasteiger partial charge in [0, 0.05) is 5.56 Å². The Labute approximate surface area is 233 Å². The van der Waals surface area contributed by atoms with Gasteiger partial charge in [-0.25, -0.2) is 0 Å². The van der Waals surface area contributed by atoms with Gasteiger partial charge >= 0.3 is 0 Å². The Bertz CT molecular complexity index is 1310. The third-order valence-electron chi connectivity index (χ3n) is 11.4. The van der Waals surface area contributed by atoms with Crippen molar-refractivity contribution in [1.29, 1.82) is 0 Å². The standard InChI is InChI=1S/C35H44O4/c1-22(2)12-11-13-23(3)16-17-33-21-25-20-26-31(4,5)18-19-34(26,28(33)37)30(39)35(29(33)38,32(25,6)7)27(36)24-14-9-8-10-15-24/h8-10,12,14-16,25-26H,11,13,17-21H2,1-7H3/t25-,26+,33-,34+,35-/m0/s1. The summed E-state index contributed by atoms with van der Waals surface area (Å²) in [6, 6.07) is 8.82. The highest BCUT2D eigenvalue weighted by molar-refractivity contribution is 6.42. The highest BCUT2D eigenvalue weighted by Gasteiger charge is 2.85. The summed E-state index contributed by atoms with van der Waals surface area (Å²) >= 11 is 0. The lowest BCUT2D eigenvalue weighted by Gasteiger charge is -2.60. The molecule has 0 heterocycles. The van der Waals surface area contributed by atoms with Crippen LogP contribution in [0.5, 0.6) is 0 Å². The Morgan fingerprint density at radius 3 is 2.21 bits per heavy atom. The maximum atomic E-state index is 15.1. The normalized spacial score (nSPS) is 36.1. The molecule has 5 fully saturated rings. The molecule has 4 bridgehead atoms. The van der Waals surface area contributed by atoms with Crippen molar-refractivity contribution in [3.05, 3.63) is 59.2 Å². The van der Waals surface area contributed by atoms with E-state index < -0.39 is 33.2 Å². The fourth-order valence-electron chi connectivity index (χ4n) is 9.06. The Morgan fingerprint density at radius 1 is 0.897 bits per heavy atom. The Hall–Kier alpha value is -2.62. The fourth-order valence-corrected chi connectivity index (χ4v) is 9.06. The number of allylic oxidation sites excluding steroid dienone is 4. The second kappa shape index (κ2) is 8.94. The highest BCUT2D eigenvalue weighted by Crippen LogP contribution is 2.75. The third kappa shape index (κ3) is 3.48. The number of Topliss-reactive ketones (excluding diaryl/α,β-unsaturated/α-hetero) is 4. The van der Waals surface area contributed by atoms with E-state index in [-0.39, 0.29) is 35.2 Å². The monoisotopic (exact) mass is 528 g/mol. The van der Waals surface area contributed by atoms with E-state index in [1.54, 1.807) is 24.3 Å². The van der Waals surface area contributed by atoms with E-state index in [0.717, 1.165) is 24.8 Å². The summed E-state index contributed by atoms with van der Waals surface area (Å²) in [7, 11) is 0. The number of hydrogen-bond acceptors (Lipinski definition) is 4. The van der Waals surface area contributed by atoms with Crippen LogP contribution in [0.15, 0.2) is 53.6 Å². The van der Waals surface area contributed by atoms with Crippen LogP contribution in [-0.2, 0) is 14.4 Å². The first-order chi connectivity index (χ1) is 18.2. The first-order valence-corrected chi connectivity index (χ1v) is 14.7. The van der Waals surface area contributed by atoms with Crippen LogP contribution in [-0.4, -0.2) is 23.1 Å². The smallest absolute Gasteiger partial charge is 0.184 e. The summed E-state index contributed by atoms with van der Waals surface area (Å²) in [6.45, 7) is 14.5. The van der Waals surface area contributed by atoms with Crippen LogP contribution in [0.4, 0.5) is 0 Å². The van der Waals surface area contributed by atoms with Gasteiger partial charge in [0.25, 0.3) is 0 Å². The fraction of sp³-hybridized carbons (Fsp3) is 0.600. The molecule has 4 nitrogen and oxygen atoms in total. The number of rotatable bonds is 7. The molecule has 39 heavy (non-hydrogen) atoms. The minimum absolute atomic E-state index is 0.0816. The summed E-state index contributed by atoms with van der Waals surface area (Å²) in [4.78, 5) is 59.6. The Kier molecular flexibility index (Phi) is 6.40. The van der Waals surface area contributed by atoms with Crippen LogP contribution in [0.25, 0.3) is 0 Å². The van der Waals surface area contributed by atoms with Gasteiger partial charge in [-0.2, -0.15) is 0 Å². The molecule has 0 saturated heterocycles. The third-order valence-corrected chi connectivity index (χ3v) is 11.4. The number of benzene rings is 1. The van der Waals surface area contributed by atoms with E-state index in [4.69, 9.17) is 0 Å². The minimum atomic E-state index is -1.84. The molecule has 1 spiro atoms. The van der Waals surface area contributed by atoms with E-state index in [1.807, 2.05) is 19.9 Å². The highest BCUT2D eigenvalue weighted by atomic mass is 16.2. The molecule has 5 aliphatic rings. The molecule has 4 heteroatoms. The van der Waals surface area contributed by atoms with Crippen LogP contribution < -0.4 is 0 Å². The minimum Gasteiger partial charge on any atom is -0.297 e. The summed E-state index contributed by atoms with van der Waals surface area (Å²) in [5.41, 5.74) is -2.75. The molecule has 0 unspecified atom stereocenters. The predicted molar refractivity (Wildman–Crippen MR) is 153 cm³/mol. The molecule has 0 amide bonds. The van der Waals surface area contributed by atoms with Crippen molar-refractivity contribution < 1.29 is 19.2 Å². The summed E-state index contributed by atoms with van der Waals surface area (Å²) < 4.78 is 0. The molecular weight excluding hydrogens is 484 g/mol. The van der Waals surface area contributed by atoms with Crippen molar-refractivity contribution in [2.45, 2.75) is 93.4 Å². The van der Waals surface area contributed by atoms with Crippen molar-refractivity contribution in [2.75, 3.05) is 0 Å². The predicted octanol–water partition coefficient (Wildman–Crippen LogP) is 7.52. The lowest BCUT2D eigenvalue weighted by molar-refractivity contribution is -0.181. The first kappa shape index (κ1) is 27.9. The quantitative estimate of drug-likeness (QED) is 0.208. The second-order valence-corrected chi connectivity index (χ2v) is 14.5. The van der Waals surface area contributed by atoms with Gasteiger partial charge in [0.05, 0.1) is 10.8 Å². The van der Waals surface area contributed by atoms with Gasteiger partial charge in [-0.1, -0.05) is 81.3 Å². The molecule has 5 atom stereocenters. The van der Waals surface area contributed by atoms with Crippen LogP contribution in [0, 0.1) is 38.9 Å². The molecule has 0 aromatic heterocycles. The van der Waals surface area contributed by atoms with Gasteiger partial charge in [0.15, 0.2) is 28.5 Å². The Morgan fingerprint density at radius 2 is 1.56 bits per heavy atom. The first-order valence-electron chi connectivity index (χ1n) is 14.7. The van der Waals surface area contributed by atoms with Crippen molar-refractivity contribution in [3.8, 4) is 0 Å². The largest absolute Gasteiger partial charge is 0.297 e. The van der Waals surface area contributed by atoms with E-state index in [0.29, 0.717) is 24.8 Å². The van der Waals surface area contributed by atoms with Gasteiger partial charge in [-0.15, -0.1) is 0 Å². The van der Waals surface area contributed by atoms with Gasteiger partial charge < -0.3 is 0 Å². The van der Waals surface area contributed by atoms with Crippen LogP contribution in [0.1, 0.15) is 104 Å². The van der Waals surface area contributed by atoms with Crippen molar-refractivity contribution >= 4 is 23.1 Å². The maximum Gasteiger partial charge on any atom is 0.184 e. The molecule has 0 aliphatic heterocycles. The number of carbonyl (C=O) groups excluding carboxylic acids is 4. The van der Waals surface area contributed by atoms with Crippen LogP contribution in [0.2, 0.25) is 0 Å². The maximum absolute atomic E-state index is 15.1. The number of ketones is 4. The molecule has 1 aromatic rings.